The summed E-state index contributed by atoms with van der Waals surface area (Å²) in [5.41, 5.74) is -1.18. The molecule has 0 saturated carbocycles. The number of nitrogens with one attached hydrogen (secondary N) is 1. The highest BCUT2D eigenvalue weighted by Gasteiger charge is 2.36. The Morgan fingerprint density at radius 2 is 2.25 bits per heavy atom. The summed E-state index contributed by atoms with van der Waals surface area (Å²) in [6, 6.07) is 0. The normalized spacial score (nSPS) is 23.8. The van der Waals surface area contributed by atoms with Gasteiger partial charge in [-0.3, -0.25) is 4.79 Å². The van der Waals surface area contributed by atoms with Crippen molar-refractivity contribution >= 4 is 11.9 Å². The van der Waals surface area contributed by atoms with Crippen LogP contribution in [0.4, 0.5) is 0 Å². The van der Waals surface area contributed by atoms with Gasteiger partial charge < -0.3 is 15.2 Å². The van der Waals surface area contributed by atoms with Gasteiger partial charge in [0.1, 0.15) is 11.6 Å². The monoisotopic (exact) mass is 229 g/mol. The van der Waals surface area contributed by atoms with E-state index in [4.69, 9.17) is 9.84 Å². The van der Waals surface area contributed by atoms with Gasteiger partial charge in [-0.25, -0.2) is 4.79 Å². The van der Waals surface area contributed by atoms with Crippen LogP contribution >= 0.6 is 0 Å². The molecule has 1 saturated heterocycles. The maximum absolute atomic E-state index is 11.7. The summed E-state index contributed by atoms with van der Waals surface area (Å²) in [7, 11) is 0. The summed E-state index contributed by atoms with van der Waals surface area (Å²) in [4.78, 5) is 22.8. The first-order chi connectivity index (χ1) is 7.49. The molecule has 0 aromatic heterocycles. The summed E-state index contributed by atoms with van der Waals surface area (Å²) in [6.07, 6.45) is 2.18. The minimum atomic E-state index is -1.18. The van der Waals surface area contributed by atoms with Gasteiger partial charge in [0.2, 0.25) is 5.91 Å². The fraction of sp³-hybridized carbons (Fsp3) is 0.818. The molecule has 2 unspecified atom stereocenters. The molecule has 2 N–H and O–H groups in total. The Kier molecular flexibility index (Phi) is 4.29. The van der Waals surface area contributed by atoms with Gasteiger partial charge in [-0.1, -0.05) is 13.3 Å². The second kappa shape index (κ2) is 5.30. The number of amides is 1. The predicted octanol–water partition coefficient (Wildman–Crippen LogP) is 0.925. The largest absolute Gasteiger partial charge is 0.480 e. The highest BCUT2D eigenvalue weighted by molar-refractivity contribution is 5.88. The Morgan fingerprint density at radius 1 is 1.56 bits per heavy atom. The zero-order valence-corrected chi connectivity index (χ0v) is 9.78. The second-order valence-electron chi connectivity index (χ2n) is 4.38. The molecule has 0 radical (unpaired) electrons. The summed E-state index contributed by atoms with van der Waals surface area (Å²) in [5, 5.41) is 11.7. The molecular weight excluding hydrogens is 210 g/mol. The van der Waals surface area contributed by atoms with Crippen molar-refractivity contribution in [2.24, 2.45) is 0 Å². The first-order valence-corrected chi connectivity index (χ1v) is 5.66. The molecule has 5 nitrogen and oxygen atoms in total. The molecule has 1 heterocycles. The molecule has 92 valence electrons. The van der Waals surface area contributed by atoms with Crippen LogP contribution in [0.3, 0.4) is 0 Å². The predicted molar refractivity (Wildman–Crippen MR) is 58.1 cm³/mol. The van der Waals surface area contributed by atoms with Crippen molar-refractivity contribution in [2.75, 3.05) is 6.61 Å². The average Bonchev–Trinajstić information content (AvgIpc) is 2.70. The van der Waals surface area contributed by atoms with Gasteiger partial charge in [-0.05, 0) is 26.2 Å². The van der Waals surface area contributed by atoms with Crippen molar-refractivity contribution in [3.8, 4) is 0 Å². The van der Waals surface area contributed by atoms with Gasteiger partial charge in [-0.15, -0.1) is 0 Å². The topological polar surface area (TPSA) is 75.6 Å². The molecule has 1 aliphatic heterocycles. The van der Waals surface area contributed by atoms with Gasteiger partial charge in [-0.2, -0.15) is 0 Å². The van der Waals surface area contributed by atoms with E-state index in [-0.39, 0.29) is 5.91 Å². The zero-order chi connectivity index (χ0) is 12.2. The third kappa shape index (κ3) is 2.95. The van der Waals surface area contributed by atoms with Crippen molar-refractivity contribution in [1.82, 2.24) is 5.32 Å². The van der Waals surface area contributed by atoms with E-state index >= 15 is 0 Å². The number of ether oxygens (including phenoxy) is 1. The maximum Gasteiger partial charge on any atom is 0.329 e. The Labute approximate surface area is 95.2 Å². The van der Waals surface area contributed by atoms with E-state index < -0.39 is 17.6 Å². The molecule has 0 bridgehead atoms. The van der Waals surface area contributed by atoms with Gasteiger partial charge in [0.15, 0.2) is 0 Å². The lowest BCUT2D eigenvalue weighted by molar-refractivity contribution is -0.149. The van der Waals surface area contributed by atoms with Crippen LogP contribution in [0.25, 0.3) is 0 Å². The molecule has 0 aromatic carbocycles. The summed E-state index contributed by atoms with van der Waals surface area (Å²) in [5.74, 6) is -1.31. The number of hydrogen-bond acceptors (Lipinski definition) is 3. The minimum absolute atomic E-state index is 0.309. The summed E-state index contributed by atoms with van der Waals surface area (Å²) >= 11 is 0. The SMILES string of the molecule is CCCC(C)(NC(=O)C1CCCO1)C(=O)O. The third-order valence-corrected chi connectivity index (χ3v) is 2.84. The summed E-state index contributed by atoms with van der Waals surface area (Å²) < 4.78 is 5.21. The van der Waals surface area contributed by atoms with Gasteiger partial charge >= 0.3 is 5.97 Å². The first kappa shape index (κ1) is 13.0. The van der Waals surface area contributed by atoms with E-state index in [1.807, 2.05) is 6.92 Å². The number of carboxylic acids is 1. The maximum atomic E-state index is 11.7. The Balaban J connectivity index is 2.60. The number of rotatable bonds is 5. The Bertz CT molecular complexity index is 273. The lowest BCUT2D eigenvalue weighted by atomic mass is 9.96. The van der Waals surface area contributed by atoms with Gasteiger partial charge in [0.25, 0.3) is 0 Å². The van der Waals surface area contributed by atoms with Crippen molar-refractivity contribution in [3.63, 3.8) is 0 Å². The molecule has 1 fully saturated rings. The fourth-order valence-electron chi connectivity index (χ4n) is 1.86. The van der Waals surface area contributed by atoms with E-state index in [1.165, 1.54) is 6.92 Å². The van der Waals surface area contributed by atoms with Crippen LogP contribution in [0.15, 0.2) is 0 Å². The third-order valence-electron chi connectivity index (χ3n) is 2.84. The van der Waals surface area contributed by atoms with Crippen LogP contribution in [0, 0.1) is 0 Å². The molecule has 0 aromatic rings. The molecule has 1 aliphatic rings. The fourth-order valence-corrected chi connectivity index (χ4v) is 1.86. The standard InChI is InChI=1S/C11H19NO4/c1-3-6-11(2,10(14)15)12-9(13)8-5-4-7-16-8/h8H,3-7H2,1-2H3,(H,12,13)(H,14,15). The molecule has 5 heteroatoms. The quantitative estimate of drug-likeness (QED) is 0.735. The molecule has 16 heavy (non-hydrogen) atoms. The van der Waals surface area contributed by atoms with Gasteiger partial charge in [0, 0.05) is 6.61 Å². The molecule has 2 atom stereocenters. The smallest absolute Gasteiger partial charge is 0.329 e. The Hall–Kier alpha value is -1.10. The van der Waals surface area contributed by atoms with Crippen LogP contribution in [0.1, 0.15) is 39.5 Å². The molecule has 1 rings (SSSR count). The lowest BCUT2D eigenvalue weighted by Crippen LogP contribution is -2.54. The van der Waals surface area contributed by atoms with Crippen molar-refractivity contribution in [2.45, 2.75) is 51.2 Å². The van der Waals surface area contributed by atoms with Crippen LogP contribution < -0.4 is 5.32 Å². The van der Waals surface area contributed by atoms with Crippen LogP contribution in [0.2, 0.25) is 0 Å². The van der Waals surface area contributed by atoms with Crippen molar-refractivity contribution in [1.29, 1.82) is 0 Å². The van der Waals surface area contributed by atoms with Gasteiger partial charge in [0.05, 0.1) is 0 Å². The van der Waals surface area contributed by atoms with Crippen molar-refractivity contribution < 1.29 is 19.4 Å². The van der Waals surface area contributed by atoms with E-state index in [0.717, 1.165) is 6.42 Å². The molecule has 0 aliphatic carbocycles. The Morgan fingerprint density at radius 3 is 2.69 bits per heavy atom. The number of carbonyl (C=O) groups is 2. The van der Waals surface area contributed by atoms with Crippen LogP contribution in [-0.4, -0.2) is 35.2 Å². The average molecular weight is 229 g/mol. The number of aliphatic carboxylic acids is 1. The minimum Gasteiger partial charge on any atom is -0.480 e. The van der Waals surface area contributed by atoms with Crippen LogP contribution in [0.5, 0.6) is 0 Å². The van der Waals surface area contributed by atoms with Crippen molar-refractivity contribution in [3.05, 3.63) is 0 Å². The highest BCUT2D eigenvalue weighted by atomic mass is 16.5. The lowest BCUT2D eigenvalue weighted by Gasteiger charge is -2.27. The number of carbonyl (C=O) groups excluding carboxylic acids is 1. The van der Waals surface area contributed by atoms with E-state index in [2.05, 4.69) is 5.32 Å². The van der Waals surface area contributed by atoms with Crippen LogP contribution in [-0.2, 0) is 14.3 Å². The second-order valence-corrected chi connectivity index (χ2v) is 4.38. The number of hydrogen-bond donors (Lipinski definition) is 2. The van der Waals surface area contributed by atoms with E-state index in [1.54, 1.807) is 0 Å². The molecular formula is C11H19NO4. The highest BCUT2D eigenvalue weighted by Crippen LogP contribution is 2.16. The molecule has 1 amide bonds. The van der Waals surface area contributed by atoms with E-state index in [9.17, 15) is 9.59 Å². The zero-order valence-electron chi connectivity index (χ0n) is 9.78. The summed E-state index contributed by atoms with van der Waals surface area (Å²) in [6.45, 7) is 4.00. The number of carboxylic acid groups (broad SMARTS) is 1. The van der Waals surface area contributed by atoms with E-state index in [0.29, 0.717) is 25.9 Å². The molecule has 0 spiro atoms. The first-order valence-electron chi connectivity index (χ1n) is 5.66.